The molecule has 1 unspecified atom stereocenters. The number of aryl methyl sites for hydroxylation is 3. The highest BCUT2D eigenvalue weighted by molar-refractivity contribution is 5.92. The first-order chi connectivity index (χ1) is 12.6. The minimum Gasteiger partial charge on any atom is -0.310 e. The first kappa shape index (κ1) is 16.4. The van der Waals surface area contributed by atoms with Gasteiger partial charge in [0.2, 0.25) is 5.91 Å². The van der Waals surface area contributed by atoms with E-state index in [1.54, 1.807) is 0 Å². The summed E-state index contributed by atoms with van der Waals surface area (Å²) in [7, 11) is 0. The molecule has 0 bridgehead atoms. The highest BCUT2D eigenvalue weighted by Crippen LogP contribution is 2.22. The summed E-state index contributed by atoms with van der Waals surface area (Å²) in [5, 5.41) is 7.32. The number of hydrogen-bond donors (Lipinski definition) is 1. The van der Waals surface area contributed by atoms with Crippen LogP contribution in [0.5, 0.6) is 0 Å². The van der Waals surface area contributed by atoms with E-state index in [9.17, 15) is 4.79 Å². The van der Waals surface area contributed by atoms with Crippen LogP contribution >= 0.6 is 0 Å². The average molecular weight is 347 g/mol. The lowest BCUT2D eigenvalue weighted by atomic mass is 9.99. The van der Waals surface area contributed by atoms with E-state index in [1.165, 1.54) is 5.56 Å². The molecule has 1 aliphatic rings. The van der Waals surface area contributed by atoms with Crippen LogP contribution in [0.25, 0.3) is 11.3 Å². The number of carbonyl (C=O) groups is 1. The first-order valence-electron chi connectivity index (χ1n) is 8.84. The second-order valence-corrected chi connectivity index (χ2v) is 6.76. The van der Waals surface area contributed by atoms with Crippen molar-refractivity contribution in [3.05, 3.63) is 59.7 Å². The molecule has 6 nitrogen and oxygen atoms in total. The largest absolute Gasteiger partial charge is 0.310 e. The van der Waals surface area contributed by atoms with E-state index in [0.29, 0.717) is 12.4 Å². The highest BCUT2D eigenvalue weighted by atomic mass is 16.2. The summed E-state index contributed by atoms with van der Waals surface area (Å²) < 4.78 is 1.85. The van der Waals surface area contributed by atoms with Crippen LogP contribution in [0.2, 0.25) is 0 Å². The Morgan fingerprint density at radius 1 is 1.12 bits per heavy atom. The van der Waals surface area contributed by atoms with Gasteiger partial charge >= 0.3 is 0 Å². The number of hydrogen-bond acceptors (Lipinski definition) is 4. The Hall–Kier alpha value is -3.02. The molecule has 3 heterocycles. The molecule has 1 aliphatic heterocycles. The fraction of sp³-hybridized carbons (Fsp3) is 0.300. The van der Waals surface area contributed by atoms with Gasteiger partial charge in [-0.15, -0.1) is 0 Å². The van der Waals surface area contributed by atoms with E-state index in [0.717, 1.165) is 35.7 Å². The molecule has 1 aromatic carbocycles. The van der Waals surface area contributed by atoms with Crippen molar-refractivity contribution in [3.63, 3.8) is 0 Å². The third-order valence-electron chi connectivity index (χ3n) is 4.68. The number of fused-ring (bicyclic) bond motifs is 1. The Morgan fingerprint density at radius 3 is 2.73 bits per heavy atom. The van der Waals surface area contributed by atoms with E-state index in [-0.39, 0.29) is 11.8 Å². The van der Waals surface area contributed by atoms with Crippen LogP contribution in [0.1, 0.15) is 23.6 Å². The minimum atomic E-state index is -0.117. The van der Waals surface area contributed by atoms with Gasteiger partial charge in [-0.1, -0.05) is 35.9 Å². The summed E-state index contributed by atoms with van der Waals surface area (Å²) in [4.78, 5) is 21.6. The Kier molecular flexibility index (Phi) is 4.24. The maximum Gasteiger partial charge on any atom is 0.230 e. The predicted octanol–water partition coefficient (Wildman–Crippen LogP) is 3.16. The summed E-state index contributed by atoms with van der Waals surface area (Å²) in [5.74, 6) is 2.17. The zero-order valence-corrected chi connectivity index (χ0v) is 14.9. The van der Waals surface area contributed by atoms with Crippen molar-refractivity contribution in [3.8, 4) is 11.3 Å². The normalized spacial score (nSPS) is 16.2. The molecule has 1 N–H and O–H groups in total. The molecule has 0 fully saturated rings. The molecule has 0 spiro atoms. The first-order valence-corrected chi connectivity index (χ1v) is 8.84. The van der Waals surface area contributed by atoms with Crippen molar-refractivity contribution in [2.75, 3.05) is 5.32 Å². The minimum absolute atomic E-state index is 0.0163. The second-order valence-electron chi connectivity index (χ2n) is 6.76. The molecule has 1 amide bonds. The standard InChI is InChI=1S/C20H21N5O/c1-13-6-8-15(9-7-13)17-4-3-5-18(22-17)23-20(26)16-10-11-19-21-14(2)24-25(19)12-16/h3-9,16H,10-12H2,1-2H3,(H,22,23,26). The van der Waals surface area contributed by atoms with E-state index in [4.69, 9.17) is 0 Å². The quantitative estimate of drug-likeness (QED) is 0.790. The van der Waals surface area contributed by atoms with Gasteiger partial charge < -0.3 is 5.32 Å². The SMILES string of the molecule is Cc1ccc(-c2cccc(NC(=O)C3CCc4nc(C)nn4C3)n2)cc1. The molecule has 6 heteroatoms. The molecule has 26 heavy (non-hydrogen) atoms. The predicted molar refractivity (Wildman–Crippen MR) is 99.6 cm³/mol. The lowest BCUT2D eigenvalue weighted by Crippen LogP contribution is -2.32. The van der Waals surface area contributed by atoms with E-state index in [1.807, 2.05) is 41.9 Å². The van der Waals surface area contributed by atoms with Crippen LogP contribution < -0.4 is 5.32 Å². The fourth-order valence-electron chi connectivity index (χ4n) is 3.27. The maximum atomic E-state index is 12.7. The topological polar surface area (TPSA) is 72.7 Å². The van der Waals surface area contributed by atoms with Crippen molar-refractivity contribution >= 4 is 11.7 Å². The second kappa shape index (κ2) is 6.71. The summed E-state index contributed by atoms with van der Waals surface area (Å²) in [6, 6.07) is 13.9. The molecular weight excluding hydrogens is 326 g/mol. The summed E-state index contributed by atoms with van der Waals surface area (Å²) in [6.45, 7) is 4.50. The maximum absolute atomic E-state index is 12.7. The third kappa shape index (κ3) is 3.35. The molecule has 0 saturated heterocycles. The van der Waals surface area contributed by atoms with Crippen molar-refractivity contribution in [2.45, 2.75) is 33.2 Å². The fourth-order valence-corrected chi connectivity index (χ4v) is 3.27. The van der Waals surface area contributed by atoms with Crippen molar-refractivity contribution in [2.24, 2.45) is 5.92 Å². The van der Waals surface area contributed by atoms with Crippen LogP contribution in [0.4, 0.5) is 5.82 Å². The molecule has 1 atom stereocenters. The molecule has 0 aliphatic carbocycles. The summed E-state index contributed by atoms with van der Waals surface area (Å²) in [6.07, 6.45) is 1.55. The van der Waals surface area contributed by atoms with Crippen molar-refractivity contribution < 1.29 is 4.79 Å². The lowest BCUT2D eigenvalue weighted by Gasteiger charge is -2.21. The Labute approximate surface area is 152 Å². The lowest BCUT2D eigenvalue weighted by molar-refractivity contribution is -0.120. The van der Waals surface area contributed by atoms with Crippen LogP contribution in [0.3, 0.4) is 0 Å². The molecule has 2 aromatic heterocycles. The zero-order valence-electron chi connectivity index (χ0n) is 14.9. The van der Waals surface area contributed by atoms with Gasteiger partial charge in [0.25, 0.3) is 0 Å². The average Bonchev–Trinajstić information content (AvgIpc) is 3.01. The Bertz CT molecular complexity index is 945. The van der Waals surface area contributed by atoms with E-state index < -0.39 is 0 Å². The Balaban J connectivity index is 1.48. The Morgan fingerprint density at radius 2 is 1.92 bits per heavy atom. The highest BCUT2D eigenvalue weighted by Gasteiger charge is 2.26. The number of rotatable bonds is 3. The number of amides is 1. The number of carbonyl (C=O) groups excluding carboxylic acids is 1. The molecule has 4 rings (SSSR count). The van der Waals surface area contributed by atoms with Gasteiger partial charge in [-0.25, -0.2) is 14.6 Å². The van der Waals surface area contributed by atoms with Gasteiger partial charge in [0, 0.05) is 12.0 Å². The number of nitrogens with zero attached hydrogens (tertiary/aromatic N) is 4. The smallest absolute Gasteiger partial charge is 0.230 e. The molecular formula is C20H21N5O. The third-order valence-corrected chi connectivity index (χ3v) is 4.68. The number of nitrogens with one attached hydrogen (secondary N) is 1. The number of pyridine rings is 1. The van der Waals surface area contributed by atoms with Crippen molar-refractivity contribution in [1.29, 1.82) is 0 Å². The van der Waals surface area contributed by atoms with E-state index in [2.05, 4.69) is 39.4 Å². The van der Waals surface area contributed by atoms with Gasteiger partial charge in [-0.3, -0.25) is 4.79 Å². The van der Waals surface area contributed by atoms with Gasteiger partial charge in [-0.2, -0.15) is 5.10 Å². The molecule has 0 saturated carbocycles. The van der Waals surface area contributed by atoms with Crippen LogP contribution in [-0.4, -0.2) is 25.7 Å². The van der Waals surface area contributed by atoms with Gasteiger partial charge in [0.05, 0.1) is 18.2 Å². The van der Waals surface area contributed by atoms with E-state index >= 15 is 0 Å². The van der Waals surface area contributed by atoms with Crippen LogP contribution in [0.15, 0.2) is 42.5 Å². The van der Waals surface area contributed by atoms with Crippen LogP contribution in [0, 0.1) is 19.8 Å². The molecule has 3 aromatic rings. The summed E-state index contributed by atoms with van der Waals surface area (Å²) >= 11 is 0. The van der Waals surface area contributed by atoms with Gasteiger partial charge in [-0.05, 0) is 32.4 Å². The van der Waals surface area contributed by atoms with Crippen LogP contribution in [-0.2, 0) is 17.8 Å². The van der Waals surface area contributed by atoms with Gasteiger partial charge in [0.15, 0.2) is 0 Å². The monoisotopic (exact) mass is 347 g/mol. The number of anilines is 1. The van der Waals surface area contributed by atoms with Crippen molar-refractivity contribution in [1.82, 2.24) is 19.7 Å². The zero-order chi connectivity index (χ0) is 18.1. The van der Waals surface area contributed by atoms with Gasteiger partial charge in [0.1, 0.15) is 17.5 Å². The molecule has 0 radical (unpaired) electrons. The number of aromatic nitrogens is 4. The molecule has 132 valence electrons. The number of benzene rings is 1. The summed E-state index contributed by atoms with van der Waals surface area (Å²) in [5.41, 5.74) is 3.09.